The predicted octanol–water partition coefficient (Wildman–Crippen LogP) is 2.80. The summed E-state index contributed by atoms with van der Waals surface area (Å²) in [6.07, 6.45) is 4.91. The molecule has 110 valence electrons. The first kappa shape index (κ1) is 13.9. The molecular formula is C16H18FN3O. The Morgan fingerprint density at radius 3 is 3.14 bits per heavy atom. The van der Waals surface area contributed by atoms with Gasteiger partial charge in [-0.3, -0.25) is 0 Å². The molecule has 1 aromatic carbocycles. The minimum Gasteiger partial charge on any atom is -0.508 e. The maximum absolute atomic E-state index is 13.2. The Bertz CT molecular complexity index is 660. The van der Waals surface area contributed by atoms with Crippen LogP contribution in [0.5, 0.6) is 5.75 Å². The molecule has 1 heterocycles. The SMILES string of the molecule is Cc1ncc2c(n1)CCCC2NCc1cc(F)ccc1O. The molecule has 1 aliphatic carbocycles. The van der Waals surface area contributed by atoms with E-state index in [1.807, 2.05) is 13.1 Å². The molecular weight excluding hydrogens is 269 g/mol. The quantitative estimate of drug-likeness (QED) is 0.911. The summed E-state index contributed by atoms with van der Waals surface area (Å²) in [5.74, 6) is 0.560. The summed E-state index contributed by atoms with van der Waals surface area (Å²) in [5, 5.41) is 13.1. The van der Waals surface area contributed by atoms with Gasteiger partial charge in [-0.25, -0.2) is 14.4 Å². The van der Waals surface area contributed by atoms with Gasteiger partial charge in [-0.05, 0) is 44.4 Å². The molecule has 5 heteroatoms. The van der Waals surface area contributed by atoms with Crippen LogP contribution in [0.4, 0.5) is 4.39 Å². The van der Waals surface area contributed by atoms with E-state index in [0.717, 1.165) is 36.3 Å². The van der Waals surface area contributed by atoms with E-state index in [1.54, 1.807) is 0 Å². The number of nitrogens with one attached hydrogen (secondary N) is 1. The van der Waals surface area contributed by atoms with Crippen molar-refractivity contribution in [2.75, 3.05) is 0 Å². The molecule has 0 aliphatic heterocycles. The molecule has 0 amide bonds. The number of hydrogen-bond donors (Lipinski definition) is 2. The molecule has 1 atom stereocenters. The van der Waals surface area contributed by atoms with Crippen LogP contribution in [0, 0.1) is 12.7 Å². The number of aromatic nitrogens is 2. The molecule has 21 heavy (non-hydrogen) atoms. The maximum Gasteiger partial charge on any atom is 0.125 e. The number of hydrogen-bond acceptors (Lipinski definition) is 4. The summed E-state index contributed by atoms with van der Waals surface area (Å²) in [6.45, 7) is 2.31. The number of phenols is 1. The van der Waals surface area contributed by atoms with Crippen LogP contribution in [0.15, 0.2) is 24.4 Å². The van der Waals surface area contributed by atoms with Crippen LogP contribution in [0.25, 0.3) is 0 Å². The lowest BCUT2D eigenvalue weighted by atomic mass is 9.92. The fraction of sp³-hybridized carbons (Fsp3) is 0.375. The van der Waals surface area contributed by atoms with Crippen LogP contribution in [-0.2, 0) is 13.0 Å². The van der Waals surface area contributed by atoms with Gasteiger partial charge in [-0.1, -0.05) is 0 Å². The number of rotatable bonds is 3. The highest BCUT2D eigenvalue weighted by molar-refractivity contribution is 5.33. The summed E-state index contributed by atoms with van der Waals surface area (Å²) >= 11 is 0. The van der Waals surface area contributed by atoms with Crippen molar-refractivity contribution in [3.8, 4) is 5.75 Å². The van der Waals surface area contributed by atoms with Gasteiger partial charge in [0.25, 0.3) is 0 Å². The Labute approximate surface area is 123 Å². The van der Waals surface area contributed by atoms with Crippen molar-refractivity contribution in [1.29, 1.82) is 0 Å². The second-order valence-corrected chi connectivity index (χ2v) is 5.42. The van der Waals surface area contributed by atoms with E-state index in [1.165, 1.54) is 18.2 Å². The third kappa shape index (κ3) is 3.03. The molecule has 2 aromatic rings. The van der Waals surface area contributed by atoms with Gasteiger partial charge in [0, 0.05) is 35.6 Å². The van der Waals surface area contributed by atoms with Crippen LogP contribution in [-0.4, -0.2) is 15.1 Å². The third-order valence-electron chi connectivity index (χ3n) is 3.88. The molecule has 0 spiro atoms. The van der Waals surface area contributed by atoms with E-state index in [9.17, 15) is 9.50 Å². The van der Waals surface area contributed by atoms with Gasteiger partial charge in [0.1, 0.15) is 17.4 Å². The van der Waals surface area contributed by atoms with E-state index < -0.39 is 0 Å². The van der Waals surface area contributed by atoms with Crippen molar-refractivity contribution in [2.24, 2.45) is 0 Å². The average Bonchev–Trinajstić information content (AvgIpc) is 2.47. The predicted molar refractivity (Wildman–Crippen MR) is 77.4 cm³/mol. The van der Waals surface area contributed by atoms with Gasteiger partial charge in [0.2, 0.25) is 0 Å². The van der Waals surface area contributed by atoms with Crippen molar-refractivity contribution in [1.82, 2.24) is 15.3 Å². The van der Waals surface area contributed by atoms with E-state index in [4.69, 9.17) is 0 Å². The largest absolute Gasteiger partial charge is 0.508 e. The lowest BCUT2D eigenvalue weighted by Crippen LogP contribution is -2.26. The number of nitrogens with zero attached hydrogens (tertiary/aromatic N) is 2. The first-order chi connectivity index (χ1) is 10.1. The molecule has 4 nitrogen and oxygen atoms in total. The van der Waals surface area contributed by atoms with E-state index >= 15 is 0 Å². The van der Waals surface area contributed by atoms with Crippen molar-refractivity contribution < 1.29 is 9.50 Å². The minimum atomic E-state index is -0.340. The van der Waals surface area contributed by atoms with Crippen LogP contribution in [0.3, 0.4) is 0 Å². The van der Waals surface area contributed by atoms with Gasteiger partial charge in [0.05, 0.1) is 0 Å². The standard InChI is InChI=1S/C16H18FN3O/c1-10-18-9-13-14(3-2-4-15(13)20-10)19-8-11-7-12(17)5-6-16(11)21/h5-7,9,14,19,21H,2-4,8H2,1H3. The third-order valence-corrected chi connectivity index (χ3v) is 3.88. The number of aryl methyl sites for hydroxylation is 2. The summed E-state index contributed by atoms with van der Waals surface area (Å²) in [6, 6.07) is 4.15. The van der Waals surface area contributed by atoms with Crippen molar-refractivity contribution in [3.05, 3.63) is 52.9 Å². The molecule has 1 aliphatic rings. The smallest absolute Gasteiger partial charge is 0.125 e. The molecule has 0 bridgehead atoms. The van der Waals surface area contributed by atoms with Gasteiger partial charge in [-0.15, -0.1) is 0 Å². The van der Waals surface area contributed by atoms with Crippen LogP contribution < -0.4 is 5.32 Å². The molecule has 3 rings (SSSR count). The molecule has 0 saturated heterocycles. The van der Waals surface area contributed by atoms with E-state index in [2.05, 4.69) is 15.3 Å². The van der Waals surface area contributed by atoms with Gasteiger partial charge < -0.3 is 10.4 Å². The molecule has 2 N–H and O–H groups in total. The van der Waals surface area contributed by atoms with Crippen LogP contribution in [0.2, 0.25) is 0 Å². The lowest BCUT2D eigenvalue weighted by molar-refractivity contribution is 0.431. The van der Waals surface area contributed by atoms with Gasteiger partial charge in [-0.2, -0.15) is 0 Å². The molecule has 0 saturated carbocycles. The normalized spacial score (nSPS) is 17.5. The number of halogens is 1. The van der Waals surface area contributed by atoms with Crippen LogP contribution >= 0.6 is 0 Å². The Balaban J connectivity index is 1.76. The summed E-state index contributed by atoms with van der Waals surface area (Å²) < 4.78 is 13.2. The van der Waals surface area contributed by atoms with Crippen LogP contribution in [0.1, 0.15) is 41.5 Å². The monoisotopic (exact) mass is 287 g/mol. The van der Waals surface area contributed by atoms with Gasteiger partial charge in [0.15, 0.2) is 0 Å². The van der Waals surface area contributed by atoms with Gasteiger partial charge >= 0.3 is 0 Å². The fourth-order valence-electron chi connectivity index (χ4n) is 2.79. The summed E-state index contributed by atoms with van der Waals surface area (Å²) in [5.41, 5.74) is 2.77. The zero-order chi connectivity index (χ0) is 14.8. The Hall–Kier alpha value is -2.01. The summed E-state index contributed by atoms with van der Waals surface area (Å²) in [4.78, 5) is 8.76. The zero-order valence-corrected chi connectivity index (χ0v) is 11.9. The van der Waals surface area contributed by atoms with Crippen molar-refractivity contribution in [2.45, 2.75) is 38.8 Å². The second kappa shape index (κ2) is 5.77. The number of phenolic OH excluding ortho intramolecular Hbond substituents is 1. The lowest BCUT2D eigenvalue weighted by Gasteiger charge is -2.25. The topological polar surface area (TPSA) is 58.0 Å². The molecule has 1 unspecified atom stereocenters. The molecule has 0 fully saturated rings. The molecule has 1 aromatic heterocycles. The van der Waals surface area contributed by atoms with Crippen molar-refractivity contribution in [3.63, 3.8) is 0 Å². The highest BCUT2D eigenvalue weighted by Crippen LogP contribution is 2.29. The number of fused-ring (bicyclic) bond motifs is 1. The van der Waals surface area contributed by atoms with E-state index in [-0.39, 0.29) is 17.6 Å². The highest BCUT2D eigenvalue weighted by Gasteiger charge is 2.21. The second-order valence-electron chi connectivity index (χ2n) is 5.42. The first-order valence-corrected chi connectivity index (χ1v) is 7.16. The number of benzene rings is 1. The zero-order valence-electron chi connectivity index (χ0n) is 11.9. The Kier molecular flexibility index (Phi) is 3.84. The maximum atomic E-state index is 13.2. The average molecular weight is 287 g/mol. The fourth-order valence-corrected chi connectivity index (χ4v) is 2.79. The highest BCUT2D eigenvalue weighted by atomic mass is 19.1. The minimum absolute atomic E-state index is 0.111. The van der Waals surface area contributed by atoms with Crippen molar-refractivity contribution >= 4 is 0 Å². The summed E-state index contributed by atoms with van der Waals surface area (Å²) in [7, 11) is 0. The number of aromatic hydroxyl groups is 1. The Morgan fingerprint density at radius 1 is 1.43 bits per heavy atom. The molecule has 0 radical (unpaired) electrons. The Morgan fingerprint density at radius 2 is 2.29 bits per heavy atom. The van der Waals surface area contributed by atoms with E-state index in [0.29, 0.717) is 12.1 Å². The first-order valence-electron chi connectivity index (χ1n) is 7.16.